The van der Waals surface area contributed by atoms with E-state index in [1.807, 2.05) is 25.1 Å². The fourth-order valence-electron chi connectivity index (χ4n) is 4.18. The Balaban J connectivity index is 1.78. The molecule has 1 aromatic heterocycles. The zero-order valence-electron chi connectivity index (χ0n) is 17.4. The second-order valence-corrected chi connectivity index (χ2v) is 7.67. The van der Waals surface area contributed by atoms with Crippen LogP contribution in [0, 0.1) is 0 Å². The zero-order valence-corrected chi connectivity index (χ0v) is 17.4. The van der Waals surface area contributed by atoms with E-state index in [0.717, 1.165) is 46.5 Å². The Morgan fingerprint density at radius 3 is 2.65 bits per heavy atom. The normalized spacial score (nSPS) is 15.3. The van der Waals surface area contributed by atoms with E-state index in [2.05, 4.69) is 24.2 Å². The number of aryl methyl sites for hydroxylation is 1. The van der Waals surface area contributed by atoms with Crippen molar-refractivity contribution in [2.75, 3.05) is 4.90 Å². The molecule has 2 aromatic carbocycles. The molecule has 156 valence electrons. The maximum absolute atomic E-state index is 13.3. The third-order valence-corrected chi connectivity index (χ3v) is 5.77. The van der Waals surface area contributed by atoms with Gasteiger partial charge in [-0.3, -0.25) is 9.78 Å². The molecule has 0 radical (unpaired) electrons. The van der Waals surface area contributed by atoms with Gasteiger partial charge in [0.1, 0.15) is 11.5 Å². The van der Waals surface area contributed by atoms with Crippen LogP contribution in [0.2, 0.25) is 0 Å². The van der Waals surface area contributed by atoms with E-state index in [1.165, 1.54) is 18.2 Å². The first-order chi connectivity index (χ1) is 14.9. The monoisotopic (exact) mass is 412 g/mol. The van der Waals surface area contributed by atoms with Crippen LogP contribution < -0.4 is 4.90 Å². The van der Waals surface area contributed by atoms with Crippen molar-refractivity contribution >= 4 is 23.7 Å². The van der Waals surface area contributed by atoms with Crippen molar-refractivity contribution in [1.29, 1.82) is 0 Å². The van der Waals surface area contributed by atoms with E-state index in [0.29, 0.717) is 0 Å². The summed E-state index contributed by atoms with van der Waals surface area (Å²) in [5, 5.41) is 19.8. The van der Waals surface area contributed by atoms with Crippen LogP contribution in [0.1, 0.15) is 40.5 Å². The van der Waals surface area contributed by atoms with Crippen LogP contribution >= 0.6 is 0 Å². The molecule has 0 unspecified atom stereocenters. The van der Waals surface area contributed by atoms with Crippen molar-refractivity contribution in [2.24, 2.45) is 0 Å². The van der Waals surface area contributed by atoms with Crippen molar-refractivity contribution in [1.82, 2.24) is 4.98 Å². The first-order valence-corrected chi connectivity index (χ1v) is 10.2. The van der Waals surface area contributed by atoms with Gasteiger partial charge in [0, 0.05) is 29.6 Å². The molecule has 0 saturated heterocycles. The first kappa shape index (κ1) is 20.4. The number of rotatable bonds is 4. The molecule has 5 heteroatoms. The predicted octanol–water partition coefficient (Wildman–Crippen LogP) is 5.43. The largest absolute Gasteiger partial charge is 0.508 e. The lowest BCUT2D eigenvalue weighted by Crippen LogP contribution is -2.42. The minimum Gasteiger partial charge on any atom is -0.508 e. The van der Waals surface area contributed by atoms with Crippen molar-refractivity contribution < 1.29 is 15.0 Å². The molecule has 31 heavy (non-hydrogen) atoms. The van der Waals surface area contributed by atoms with Crippen LogP contribution in [0.15, 0.2) is 61.8 Å². The molecule has 1 atom stereocenters. The lowest BCUT2D eigenvalue weighted by atomic mass is 9.91. The maximum Gasteiger partial charge on any atom is 0.262 e. The number of aromatic nitrogens is 1. The van der Waals surface area contributed by atoms with Gasteiger partial charge < -0.3 is 15.1 Å². The molecule has 0 bridgehead atoms. The Hall–Kier alpha value is -3.86. The number of amides is 1. The molecule has 0 spiro atoms. The molecule has 1 amide bonds. The van der Waals surface area contributed by atoms with Crippen molar-refractivity contribution in [3.05, 3.63) is 84.2 Å². The van der Waals surface area contributed by atoms with Crippen LogP contribution in [-0.4, -0.2) is 27.1 Å². The van der Waals surface area contributed by atoms with E-state index < -0.39 is 0 Å². The smallest absolute Gasteiger partial charge is 0.262 e. The summed E-state index contributed by atoms with van der Waals surface area (Å²) in [6.07, 6.45) is 6.90. The van der Waals surface area contributed by atoms with Gasteiger partial charge in [-0.15, -0.1) is 0 Å². The topological polar surface area (TPSA) is 73.7 Å². The summed E-state index contributed by atoms with van der Waals surface area (Å²) < 4.78 is 0. The van der Waals surface area contributed by atoms with E-state index in [4.69, 9.17) is 0 Å². The first-order valence-electron chi connectivity index (χ1n) is 10.2. The molecular weight excluding hydrogens is 388 g/mol. The molecule has 2 heterocycles. The summed E-state index contributed by atoms with van der Waals surface area (Å²) in [7, 11) is 0. The second kappa shape index (κ2) is 8.11. The van der Waals surface area contributed by atoms with E-state index in [1.54, 1.807) is 23.2 Å². The van der Waals surface area contributed by atoms with Gasteiger partial charge in [0.15, 0.2) is 0 Å². The number of benzene rings is 2. The van der Waals surface area contributed by atoms with Crippen LogP contribution in [0.3, 0.4) is 0 Å². The van der Waals surface area contributed by atoms with Crippen LogP contribution in [0.4, 0.5) is 5.69 Å². The number of fused-ring (bicyclic) bond motifs is 1. The van der Waals surface area contributed by atoms with Crippen LogP contribution in [0.25, 0.3) is 23.3 Å². The number of carbonyl (C=O) groups is 1. The highest BCUT2D eigenvalue weighted by Gasteiger charge is 2.30. The zero-order chi connectivity index (χ0) is 22.1. The number of phenolic OH excluding ortho intramolecular Hbond substituents is 2. The van der Waals surface area contributed by atoms with E-state index in [-0.39, 0.29) is 29.0 Å². The predicted molar refractivity (Wildman–Crippen MR) is 124 cm³/mol. The van der Waals surface area contributed by atoms with Gasteiger partial charge in [-0.05, 0) is 72.9 Å². The molecule has 0 aliphatic carbocycles. The number of anilines is 1. The van der Waals surface area contributed by atoms with Crippen LogP contribution in [0.5, 0.6) is 11.5 Å². The number of hydrogen-bond donors (Lipinski definition) is 2. The van der Waals surface area contributed by atoms with Gasteiger partial charge in [0.05, 0.1) is 11.3 Å². The second-order valence-electron chi connectivity index (χ2n) is 7.67. The number of hydrogen-bond acceptors (Lipinski definition) is 4. The third kappa shape index (κ3) is 3.59. The van der Waals surface area contributed by atoms with E-state index >= 15 is 0 Å². The Morgan fingerprint density at radius 1 is 1.13 bits per heavy atom. The van der Waals surface area contributed by atoms with Crippen molar-refractivity contribution in [2.45, 2.75) is 25.8 Å². The molecule has 4 rings (SSSR count). The highest BCUT2D eigenvalue weighted by atomic mass is 16.3. The number of phenols is 2. The fraction of sp³-hybridized carbons (Fsp3) is 0.154. The SMILES string of the molecule is C=Cc1nccc(-c2ccc3c(c2)CC[C@H](C)N3C(=O)c2ccc(O)cc2O)c1C=C. The molecule has 5 nitrogen and oxygen atoms in total. The number of carbonyl (C=O) groups excluding carboxylic acids is 1. The highest BCUT2D eigenvalue weighted by Crippen LogP contribution is 2.37. The maximum atomic E-state index is 13.3. The summed E-state index contributed by atoms with van der Waals surface area (Å²) in [6.45, 7) is 9.76. The standard InChI is InChI=1S/C26H24N2O3/c1-4-20-21(12-13-27-23(20)5-2)17-8-11-24-18(14-17)7-6-16(3)28(24)26(31)22-10-9-19(29)15-25(22)30/h4-5,8-16,29-30H,1-2,6-7H2,3H3/t16-/m0/s1. The highest BCUT2D eigenvalue weighted by molar-refractivity contribution is 6.09. The average Bonchev–Trinajstić information content (AvgIpc) is 2.77. The van der Waals surface area contributed by atoms with Crippen molar-refractivity contribution in [3.63, 3.8) is 0 Å². The Bertz CT molecular complexity index is 1200. The molecule has 1 aliphatic rings. The fourth-order valence-corrected chi connectivity index (χ4v) is 4.18. The van der Waals surface area contributed by atoms with Crippen LogP contribution in [-0.2, 0) is 6.42 Å². The molecule has 0 saturated carbocycles. The van der Waals surface area contributed by atoms with E-state index in [9.17, 15) is 15.0 Å². The number of aromatic hydroxyl groups is 2. The average molecular weight is 412 g/mol. The number of nitrogens with zero attached hydrogens (tertiary/aromatic N) is 2. The van der Waals surface area contributed by atoms with Crippen molar-refractivity contribution in [3.8, 4) is 22.6 Å². The Labute approximate surface area is 181 Å². The molecular formula is C26H24N2O3. The summed E-state index contributed by atoms with van der Waals surface area (Å²) in [4.78, 5) is 19.4. The van der Waals surface area contributed by atoms with Gasteiger partial charge in [0.25, 0.3) is 5.91 Å². The minimum atomic E-state index is -0.289. The van der Waals surface area contributed by atoms with Gasteiger partial charge in [-0.2, -0.15) is 0 Å². The number of pyridine rings is 1. The molecule has 1 aliphatic heterocycles. The summed E-state index contributed by atoms with van der Waals surface area (Å²) in [6, 6.07) is 12.0. The quantitative estimate of drug-likeness (QED) is 0.599. The summed E-state index contributed by atoms with van der Waals surface area (Å²) in [5.41, 5.74) is 5.79. The molecule has 2 N–H and O–H groups in total. The minimum absolute atomic E-state index is 0.0175. The third-order valence-electron chi connectivity index (χ3n) is 5.77. The molecule has 0 fully saturated rings. The van der Waals surface area contributed by atoms with Gasteiger partial charge in [-0.1, -0.05) is 25.3 Å². The lowest BCUT2D eigenvalue weighted by molar-refractivity contribution is 0.0972. The summed E-state index contributed by atoms with van der Waals surface area (Å²) in [5.74, 6) is -0.603. The van der Waals surface area contributed by atoms with Gasteiger partial charge >= 0.3 is 0 Å². The van der Waals surface area contributed by atoms with Gasteiger partial charge in [-0.25, -0.2) is 0 Å². The Kier molecular flexibility index (Phi) is 5.34. The molecule has 3 aromatic rings. The van der Waals surface area contributed by atoms with Gasteiger partial charge in [0.2, 0.25) is 0 Å². The lowest BCUT2D eigenvalue weighted by Gasteiger charge is -2.36. The summed E-state index contributed by atoms with van der Waals surface area (Å²) >= 11 is 0. The Morgan fingerprint density at radius 2 is 1.94 bits per heavy atom.